The number of benzene rings is 1. The summed E-state index contributed by atoms with van der Waals surface area (Å²) in [5.41, 5.74) is 9.09. The van der Waals surface area contributed by atoms with Crippen LogP contribution in [0.4, 0.5) is 0 Å². The number of pyridine rings is 1. The zero-order chi connectivity index (χ0) is 14.7. The Morgan fingerprint density at radius 2 is 2.00 bits per heavy atom. The zero-order valence-electron chi connectivity index (χ0n) is 12.0. The van der Waals surface area contributed by atoms with Gasteiger partial charge in [-0.05, 0) is 62.6 Å². The fraction of sp³-hybridized carbons (Fsp3) is 0.312. The van der Waals surface area contributed by atoms with E-state index in [0.29, 0.717) is 5.88 Å². The smallest absolute Gasteiger partial charge is 0.222 e. The first kappa shape index (κ1) is 15.0. The third-order valence-electron chi connectivity index (χ3n) is 2.99. The summed E-state index contributed by atoms with van der Waals surface area (Å²) in [5.74, 6) is 1.43. The number of ether oxygens (including phenoxy) is 1. The van der Waals surface area contributed by atoms with Crippen LogP contribution in [0.2, 0.25) is 0 Å². The molecule has 0 saturated carbocycles. The predicted octanol–water partition coefficient (Wildman–Crippen LogP) is 4.14. The van der Waals surface area contributed by atoms with E-state index in [1.54, 1.807) is 0 Å². The van der Waals surface area contributed by atoms with Crippen LogP contribution in [0.25, 0.3) is 0 Å². The topological polar surface area (TPSA) is 48.1 Å². The van der Waals surface area contributed by atoms with Crippen LogP contribution < -0.4 is 10.5 Å². The van der Waals surface area contributed by atoms with E-state index in [2.05, 4.69) is 27.0 Å². The molecule has 0 fully saturated rings. The van der Waals surface area contributed by atoms with Crippen LogP contribution in [0.15, 0.2) is 34.9 Å². The molecule has 2 rings (SSSR count). The Bertz CT molecular complexity index is 611. The first-order valence-electron chi connectivity index (χ1n) is 6.61. The van der Waals surface area contributed by atoms with E-state index >= 15 is 0 Å². The van der Waals surface area contributed by atoms with Gasteiger partial charge in [0.25, 0.3) is 0 Å². The first-order valence-corrected chi connectivity index (χ1v) is 7.40. The number of hydrogen-bond donors (Lipinski definition) is 1. The lowest BCUT2D eigenvalue weighted by Crippen LogP contribution is -2.17. The van der Waals surface area contributed by atoms with Gasteiger partial charge in [0.2, 0.25) is 5.88 Å². The van der Waals surface area contributed by atoms with E-state index in [0.717, 1.165) is 33.3 Å². The van der Waals surface area contributed by atoms with Gasteiger partial charge in [-0.2, -0.15) is 0 Å². The highest BCUT2D eigenvalue weighted by molar-refractivity contribution is 9.10. The fourth-order valence-electron chi connectivity index (χ4n) is 2.00. The van der Waals surface area contributed by atoms with Crippen LogP contribution in [0.5, 0.6) is 11.6 Å². The zero-order valence-corrected chi connectivity index (χ0v) is 13.6. The molecule has 2 N–H and O–H groups in total. The van der Waals surface area contributed by atoms with Gasteiger partial charge < -0.3 is 10.5 Å². The van der Waals surface area contributed by atoms with Crippen molar-refractivity contribution >= 4 is 15.9 Å². The standard InChI is InChI=1S/C16H19BrN2O/c1-10-7-14(4-5-15(10)17)20-16-11(2)6-13(9-19-16)8-12(3)18/h4-7,9,12H,8,18H2,1-3H3. The number of hydrogen-bond acceptors (Lipinski definition) is 3. The van der Waals surface area contributed by atoms with E-state index in [4.69, 9.17) is 10.5 Å². The highest BCUT2D eigenvalue weighted by Crippen LogP contribution is 2.27. The van der Waals surface area contributed by atoms with Gasteiger partial charge in [-0.25, -0.2) is 4.98 Å². The summed E-state index contributed by atoms with van der Waals surface area (Å²) < 4.78 is 6.91. The Balaban J connectivity index is 2.19. The Morgan fingerprint density at radius 3 is 2.60 bits per heavy atom. The number of nitrogens with two attached hydrogens (primary N) is 1. The highest BCUT2D eigenvalue weighted by atomic mass is 79.9. The van der Waals surface area contributed by atoms with Crippen molar-refractivity contribution in [3.63, 3.8) is 0 Å². The molecule has 0 aliphatic heterocycles. The summed E-state index contributed by atoms with van der Waals surface area (Å²) >= 11 is 3.48. The second-order valence-corrected chi connectivity index (χ2v) is 6.01. The fourth-order valence-corrected chi connectivity index (χ4v) is 2.25. The summed E-state index contributed by atoms with van der Waals surface area (Å²) in [7, 11) is 0. The highest BCUT2D eigenvalue weighted by Gasteiger charge is 2.07. The lowest BCUT2D eigenvalue weighted by molar-refractivity contribution is 0.458. The minimum atomic E-state index is 0.136. The average Bonchev–Trinajstić information content (AvgIpc) is 2.36. The molecule has 0 amide bonds. The number of aromatic nitrogens is 1. The normalized spacial score (nSPS) is 12.2. The van der Waals surface area contributed by atoms with Crippen LogP contribution in [0.1, 0.15) is 23.6 Å². The second-order valence-electron chi connectivity index (χ2n) is 5.16. The van der Waals surface area contributed by atoms with Gasteiger partial charge in [0.15, 0.2) is 0 Å². The van der Waals surface area contributed by atoms with E-state index in [-0.39, 0.29) is 6.04 Å². The molecule has 4 heteroatoms. The summed E-state index contributed by atoms with van der Waals surface area (Å²) in [5, 5.41) is 0. The molecule has 1 heterocycles. The molecule has 1 atom stereocenters. The Morgan fingerprint density at radius 1 is 1.25 bits per heavy atom. The molecular weight excluding hydrogens is 316 g/mol. The van der Waals surface area contributed by atoms with Crippen molar-refractivity contribution < 1.29 is 4.74 Å². The maximum Gasteiger partial charge on any atom is 0.222 e. The van der Waals surface area contributed by atoms with Crippen molar-refractivity contribution in [2.45, 2.75) is 33.2 Å². The van der Waals surface area contributed by atoms with Crippen molar-refractivity contribution in [1.29, 1.82) is 0 Å². The van der Waals surface area contributed by atoms with Crippen LogP contribution in [0.3, 0.4) is 0 Å². The van der Waals surface area contributed by atoms with Crippen molar-refractivity contribution in [3.8, 4) is 11.6 Å². The SMILES string of the molecule is Cc1cc(Oc2ncc(CC(C)N)cc2C)ccc1Br. The molecule has 0 saturated heterocycles. The summed E-state index contributed by atoms with van der Waals surface area (Å²) in [6, 6.07) is 8.11. The third-order valence-corrected chi connectivity index (χ3v) is 3.88. The molecular formula is C16H19BrN2O. The third kappa shape index (κ3) is 3.81. The van der Waals surface area contributed by atoms with Gasteiger partial charge in [-0.3, -0.25) is 0 Å². The lowest BCUT2D eigenvalue weighted by Gasteiger charge is -2.11. The maximum absolute atomic E-state index is 5.84. The molecule has 20 heavy (non-hydrogen) atoms. The molecule has 3 nitrogen and oxygen atoms in total. The van der Waals surface area contributed by atoms with Gasteiger partial charge in [-0.1, -0.05) is 15.9 Å². The second kappa shape index (κ2) is 6.37. The van der Waals surface area contributed by atoms with Gasteiger partial charge >= 0.3 is 0 Å². The molecule has 0 aliphatic carbocycles. The summed E-state index contributed by atoms with van der Waals surface area (Å²) in [4.78, 5) is 4.39. The molecule has 1 aromatic carbocycles. The van der Waals surface area contributed by atoms with Crippen molar-refractivity contribution in [2.24, 2.45) is 5.73 Å². The van der Waals surface area contributed by atoms with E-state index in [9.17, 15) is 0 Å². The summed E-state index contributed by atoms with van der Waals surface area (Å²) in [6.07, 6.45) is 2.66. The Kier molecular flexibility index (Phi) is 4.78. The van der Waals surface area contributed by atoms with Gasteiger partial charge in [-0.15, -0.1) is 0 Å². The van der Waals surface area contributed by atoms with Crippen molar-refractivity contribution in [1.82, 2.24) is 4.98 Å². The lowest BCUT2D eigenvalue weighted by atomic mass is 10.1. The van der Waals surface area contributed by atoms with Crippen LogP contribution in [0, 0.1) is 13.8 Å². The largest absolute Gasteiger partial charge is 0.439 e. The quantitative estimate of drug-likeness (QED) is 0.913. The Hall–Kier alpha value is -1.39. The van der Waals surface area contributed by atoms with Gasteiger partial charge in [0.05, 0.1) is 0 Å². The van der Waals surface area contributed by atoms with Crippen LogP contribution in [-0.2, 0) is 6.42 Å². The van der Waals surface area contributed by atoms with Crippen molar-refractivity contribution in [2.75, 3.05) is 0 Å². The van der Waals surface area contributed by atoms with E-state index in [1.807, 2.05) is 45.2 Å². The predicted molar refractivity (Wildman–Crippen MR) is 85.3 cm³/mol. The molecule has 106 valence electrons. The average molecular weight is 335 g/mol. The molecule has 0 radical (unpaired) electrons. The molecule has 1 aromatic heterocycles. The van der Waals surface area contributed by atoms with E-state index < -0.39 is 0 Å². The van der Waals surface area contributed by atoms with E-state index in [1.165, 1.54) is 0 Å². The molecule has 0 bridgehead atoms. The maximum atomic E-state index is 5.84. The number of halogens is 1. The first-order chi connectivity index (χ1) is 9.45. The summed E-state index contributed by atoms with van der Waals surface area (Å²) in [6.45, 7) is 6.02. The number of aryl methyl sites for hydroxylation is 2. The molecule has 1 unspecified atom stereocenters. The number of rotatable bonds is 4. The number of nitrogens with zero attached hydrogens (tertiary/aromatic N) is 1. The monoisotopic (exact) mass is 334 g/mol. The molecule has 0 aliphatic rings. The van der Waals surface area contributed by atoms with Gasteiger partial charge in [0.1, 0.15) is 5.75 Å². The minimum absolute atomic E-state index is 0.136. The Labute approximate surface area is 128 Å². The van der Waals surface area contributed by atoms with Crippen LogP contribution >= 0.6 is 15.9 Å². The van der Waals surface area contributed by atoms with Crippen molar-refractivity contribution in [3.05, 3.63) is 51.6 Å². The minimum Gasteiger partial charge on any atom is -0.439 e. The molecule has 0 spiro atoms. The van der Waals surface area contributed by atoms with Gasteiger partial charge in [0, 0.05) is 22.3 Å². The molecule has 2 aromatic rings. The van der Waals surface area contributed by atoms with Crippen LogP contribution in [-0.4, -0.2) is 11.0 Å².